The van der Waals surface area contributed by atoms with Crippen molar-refractivity contribution >= 4 is 39.7 Å². The summed E-state index contributed by atoms with van der Waals surface area (Å²) in [6, 6.07) is 5.78. The Balaban J connectivity index is 1.30. The first kappa shape index (κ1) is 17.9. The predicted molar refractivity (Wildman–Crippen MR) is 108 cm³/mol. The van der Waals surface area contributed by atoms with Gasteiger partial charge < -0.3 is 15.1 Å². The molecule has 0 saturated carbocycles. The summed E-state index contributed by atoms with van der Waals surface area (Å²) in [5.41, 5.74) is 2.87. The van der Waals surface area contributed by atoms with Crippen molar-refractivity contribution in [3.8, 4) is 0 Å². The summed E-state index contributed by atoms with van der Waals surface area (Å²) in [6.45, 7) is 6.17. The van der Waals surface area contributed by atoms with Crippen molar-refractivity contribution in [1.29, 1.82) is 0 Å². The first-order valence-electron chi connectivity index (χ1n) is 9.18. The summed E-state index contributed by atoms with van der Waals surface area (Å²) in [5.74, 6) is 0.0569. The number of fused-ring (bicyclic) bond motifs is 1. The van der Waals surface area contributed by atoms with Crippen molar-refractivity contribution in [3.63, 3.8) is 0 Å². The number of aromatic nitrogens is 1. The number of hydrogen-bond donors (Lipinski definition) is 1. The fraction of sp³-hybridized carbons (Fsp3) is 0.421. The largest absolute Gasteiger partial charge is 0.346 e. The van der Waals surface area contributed by atoms with E-state index in [1.165, 1.54) is 0 Å². The van der Waals surface area contributed by atoms with E-state index in [0.717, 1.165) is 54.7 Å². The molecule has 1 fully saturated rings. The second kappa shape index (κ2) is 7.66. The zero-order valence-corrected chi connectivity index (χ0v) is 16.2. The zero-order valence-electron chi connectivity index (χ0n) is 15.4. The van der Waals surface area contributed by atoms with E-state index in [2.05, 4.69) is 20.1 Å². The van der Waals surface area contributed by atoms with Gasteiger partial charge in [-0.15, -0.1) is 11.3 Å². The highest BCUT2D eigenvalue weighted by Gasteiger charge is 2.23. The highest BCUT2D eigenvalue weighted by molar-refractivity contribution is 7.13. The number of thiazole rings is 1. The number of carbonyl (C=O) groups is 2. The third-order valence-electron chi connectivity index (χ3n) is 5.07. The molecule has 7 nitrogen and oxygen atoms in total. The molecule has 1 aromatic carbocycles. The van der Waals surface area contributed by atoms with Gasteiger partial charge >= 0.3 is 0 Å². The number of hydrogen-bond acceptors (Lipinski definition) is 6. The number of carbonyl (C=O) groups excluding carboxylic acids is 2. The van der Waals surface area contributed by atoms with Crippen molar-refractivity contribution in [2.24, 2.45) is 0 Å². The predicted octanol–water partition coefficient (Wildman–Crippen LogP) is 1.81. The third kappa shape index (κ3) is 3.96. The maximum absolute atomic E-state index is 12.4. The Morgan fingerprint density at radius 2 is 2.00 bits per heavy atom. The summed E-state index contributed by atoms with van der Waals surface area (Å²) in [5, 5.41) is 6.03. The maximum atomic E-state index is 12.4. The summed E-state index contributed by atoms with van der Waals surface area (Å²) < 4.78 is 0. The van der Waals surface area contributed by atoms with Crippen LogP contribution in [0.25, 0.3) is 0 Å². The van der Waals surface area contributed by atoms with Crippen molar-refractivity contribution in [3.05, 3.63) is 35.3 Å². The quantitative estimate of drug-likeness (QED) is 0.869. The van der Waals surface area contributed by atoms with Gasteiger partial charge in [0.1, 0.15) is 0 Å². The molecule has 0 radical (unpaired) electrons. The van der Waals surface area contributed by atoms with Crippen molar-refractivity contribution in [2.45, 2.75) is 13.3 Å². The normalized spacial score (nSPS) is 17.1. The smallest absolute Gasteiger partial charge is 0.238 e. The summed E-state index contributed by atoms with van der Waals surface area (Å²) >= 11 is 1.65. The van der Waals surface area contributed by atoms with Gasteiger partial charge in [-0.05, 0) is 30.2 Å². The topological polar surface area (TPSA) is 68.8 Å². The molecule has 2 aliphatic rings. The Morgan fingerprint density at radius 1 is 1.19 bits per heavy atom. The molecule has 2 aliphatic heterocycles. The lowest BCUT2D eigenvalue weighted by Crippen LogP contribution is -2.48. The minimum atomic E-state index is -0.000861. The number of benzene rings is 1. The fourth-order valence-corrected chi connectivity index (χ4v) is 4.38. The number of nitrogens with one attached hydrogen (secondary N) is 1. The van der Waals surface area contributed by atoms with Crippen molar-refractivity contribution in [1.82, 2.24) is 9.88 Å². The lowest BCUT2D eigenvalue weighted by atomic mass is 10.1. The van der Waals surface area contributed by atoms with Gasteiger partial charge in [0.15, 0.2) is 5.13 Å². The molecule has 0 spiro atoms. The van der Waals surface area contributed by atoms with Gasteiger partial charge in [-0.25, -0.2) is 4.98 Å². The SMILES string of the molecule is CC(=O)N1CCc2cc(NC(=O)CN3CCN(c4nccs4)CC3)ccc21. The minimum Gasteiger partial charge on any atom is -0.346 e. The van der Waals surface area contributed by atoms with Gasteiger partial charge in [0, 0.05) is 62.6 Å². The zero-order chi connectivity index (χ0) is 18.8. The number of anilines is 3. The van der Waals surface area contributed by atoms with E-state index in [0.29, 0.717) is 13.1 Å². The number of piperazine rings is 1. The molecule has 0 atom stereocenters. The highest BCUT2D eigenvalue weighted by Crippen LogP contribution is 2.30. The molecule has 142 valence electrons. The van der Waals surface area contributed by atoms with Crippen LogP contribution < -0.4 is 15.1 Å². The van der Waals surface area contributed by atoms with Gasteiger partial charge in [0.2, 0.25) is 11.8 Å². The Bertz CT molecular complexity index is 831. The molecular weight excluding hydrogens is 362 g/mol. The van der Waals surface area contributed by atoms with Crippen LogP contribution in [-0.2, 0) is 16.0 Å². The van der Waals surface area contributed by atoms with E-state index in [4.69, 9.17) is 0 Å². The molecule has 2 amide bonds. The average Bonchev–Trinajstić information content (AvgIpc) is 3.31. The molecule has 3 heterocycles. The first-order chi connectivity index (χ1) is 13.1. The van der Waals surface area contributed by atoms with E-state index < -0.39 is 0 Å². The molecule has 27 heavy (non-hydrogen) atoms. The Hall–Kier alpha value is -2.45. The van der Waals surface area contributed by atoms with Gasteiger partial charge in [0.25, 0.3) is 0 Å². The third-order valence-corrected chi connectivity index (χ3v) is 5.90. The van der Waals surface area contributed by atoms with Crippen LogP contribution in [0, 0.1) is 0 Å². The van der Waals surface area contributed by atoms with Crippen molar-refractivity contribution in [2.75, 3.05) is 54.4 Å². The Labute approximate surface area is 162 Å². The molecule has 1 aromatic heterocycles. The van der Waals surface area contributed by atoms with Crippen LogP contribution in [0.2, 0.25) is 0 Å². The molecule has 4 rings (SSSR count). The average molecular weight is 385 g/mol. The molecule has 1 saturated heterocycles. The number of rotatable bonds is 4. The van der Waals surface area contributed by atoms with Crippen LogP contribution in [0.15, 0.2) is 29.8 Å². The monoisotopic (exact) mass is 385 g/mol. The van der Waals surface area contributed by atoms with Crippen LogP contribution in [0.5, 0.6) is 0 Å². The fourth-order valence-electron chi connectivity index (χ4n) is 3.68. The van der Waals surface area contributed by atoms with Crippen molar-refractivity contribution < 1.29 is 9.59 Å². The summed E-state index contributed by atoms with van der Waals surface area (Å²) in [7, 11) is 0. The van der Waals surface area contributed by atoms with Crippen LogP contribution in [0.1, 0.15) is 12.5 Å². The van der Waals surface area contributed by atoms with Crippen LogP contribution in [0.4, 0.5) is 16.5 Å². The number of nitrogens with zero attached hydrogens (tertiary/aromatic N) is 4. The van der Waals surface area contributed by atoms with Gasteiger partial charge in [-0.3, -0.25) is 14.5 Å². The van der Waals surface area contributed by atoms with E-state index in [9.17, 15) is 9.59 Å². The van der Waals surface area contributed by atoms with Crippen LogP contribution in [0.3, 0.4) is 0 Å². The van der Waals surface area contributed by atoms with Gasteiger partial charge in [0.05, 0.1) is 6.54 Å². The van der Waals surface area contributed by atoms with E-state index in [1.54, 1.807) is 23.2 Å². The molecular formula is C19H23N5O2S. The Morgan fingerprint density at radius 3 is 2.70 bits per heavy atom. The molecule has 0 unspecified atom stereocenters. The lowest BCUT2D eigenvalue weighted by Gasteiger charge is -2.34. The van der Waals surface area contributed by atoms with E-state index in [-0.39, 0.29) is 11.8 Å². The molecule has 0 aliphatic carbocycles. The second-order valence-corrected chi connectivity index (χ2v) is 7.76. The van der Waals surface area contributed by atoms with Gasteiger partial charge in [-0.2, -0.15) is 0 Å². The van der Waals surface area contributed by atoms with Crippen LogP contribution in [-0.4, -0.2) is 61.0 Å². The summed E-state index contributed by atoms with van der Waals surface area (Å²) in [6.07, 6.45) is 2.66. The number of amides is 2. The van der Waals surface area contributed by atoms with Gasteiger partial charge in [-0.1, -0.05) is 0 Å². The molecule has 2 aromatic rings. The molecule has 8 heteroatoms. The summed E-state index contributed by atoms with van der Waals surface area (Å²) in [4.78, 5) is 34.6. The Kier molecular flexibility index (Phi) is 5.09. The first-order valence-corrected chi connectivity index (χ1v) is 10.1. The van der Waals surface area contributed by atoms with Crippen LogP contribution >= 0.6 is 11.3 Å². The second-order valence-electron chi connectivity index (χ2n) is 6.89. The lowest BCUT2D eigenvalue weighted by molar-refractivity contribution is -0.117. The standard InChI is InChI=1S/C19H23N5O2S/c1-14(25)24-6-4-15-12-16(2-3-17(15)24)21-18(26)13-22-7-9-23(10-8-22)19-20-5-11-27-19/h2-3,5,11-12H,4,6-10,13H2,1H3,(H,21,26). The highest BCUT2D eigenvalue weighted by atomic mass is 32.1. The maximum Gasteiger partial charge on any atom is 0.238 e. The minimum absolute atomic E-state index is 0.000861. The van der Waals surface area contributed by atoms with E-state index in [1.807, 2.05) is 29.8 Å². The molecule has 0 bridgehead atoms. The molecule has 1 N–H and O–H groups in total. The van der Waals surface area contributed by atoms with E-state index >= 15 is 0 Å².